The highest BCUT2D eigenvalue weighted by Crippen LogP contribution is 2.36. The Hall–Kier alpha value is -4.12. The molecule has 4 aromatic carbocycles. The van der Waals surface area contributed by atoms with Gasteiger partial charge in [0.2, 0.25) is 5.91 Å². The van der Waals surface area contributed by atoms with Gasteiger partial charge in [-0.2, -0.15) is 0 Å². The van der Waals surface area contributed by atoms with E-state index >= 15 is 0 Å². The summed E-state index contributed by atoms with van der Waals surface area (Å²) in [5.41, 5.74) is 2.83. The van der Waals surface area contributed by atoms with Gasteiger partial charge in [0.1, 0.15) is 5.75 Å². The zero-order valence-corrected chi connectivity index (χ0v) is 18.1. The van der Waals surface area contributed by atoms with E-state index in [1.54, 1.807) is 23.1 Å². The van der Waals surface area contributed by atoms with Crippen LogP contribution in [0.5, 0.6) is 5.75 Å². The fourth-order valence-electron chi connectivity index (χ4n) is 4.48. The van der Waals surface area contributed by atoms with Crippen molar-refractivity contribution in [1.29, 1.82) is 0 Å². The Bertz CT molecular complexity index is 1320. The van der Waals surface area contributed by atoms with E-state index in [1.807, 2.05) is 72.8 Å². The Kier molecular flexibility index (Phi) is 5.53. The summed E-state index contributed by atoms with van der Waals surface area (Å²) < 4.78 is 0. The van der Waals surface area contributed by atoms with Crippen LogP contribution in [0.25, 0.3) is 10.8 Å². The molecular weight excluding hydrogens is 412 g/mol. The molecule has 1 unspecified atom stereocenters. The van der Waals surface area contributed by atoms with E-state index in [9.17, 15) is 14.7 Å². The molecule has 4 aromatic rings. The number of rotatable bonds is 5. The van der Waals surface area contributed by atoms with Gasteiger partial charge < -0.3 is 15.3 Å². The van der Waals surface area contributed by atoms with Crippen LogP contribution in [0.4, 0.5) is 5.69 Å². The lowest BCUT2D eigenvalue weighted by Gasteiger charge is -2.23. The van der Waals surface area contributed by atoms with E-state index in [4.69, 9.17) is 0 Å². The first kappa shape index (κ1) is 20.8. The standard InChI is InChI=1S/C28H24N2O3/c31-24-17-14-19-7-4-5-10-23(19)26(24)27(20-8-2-1-3-9-20)29-28(33)21-12-15-22(16-13-21)30-18-6-11-25(30)32/h1-5,7-10,12-17,27,31H,6,11,18H2,(H,29,33). The monoisotopic (exact) mass is 436 g/mol. The summed E-state index contributed by atoms with van der Waals surface area (Å²) in [7, 11) is 0. The predicted molar refractivity (Wildman–Crippen MR) is 129 cm³/mol. The number of aromatic hydroxyl groups is 1. The maximum Gasteiger partial charge on any atom is 0.252 e. The van der Waals surface area contributed by atoms with Crippen molar-refractivity contribution in [2.24, 2.45) is 0 Å². The molecule has 33 heavy (non-hydrogen) atoms. The van der Waals surface area contributed by atoms with Gasteiger partial charge in [-0.1, -0.05) is 60.7 Å². The summed E-state index contributed by atoms with van der Waals surface area (Å²) in [5.74, 6) is -0.0102. The molecule has 5 nitrogen and oxygen atoms in total. The van der Waals surface area contributed by atoms with Crippen molar-refractivity contribution in [1.82, 2.24) is 5.32 Å². The average Bonchev–Trinajstić information content (AvgIpc) is 3.29. The minimum atomic E-state index is -0.537. The molecule has 0 aromatic heterocycles. The van der Waals surface area contributed by atoms with E-state index in [1.165, 1.54) is 0 Å². The van der Waals surface area contributed by atoms with E-state index < -0.39 is 6.04 Å². The van der Waals surface area contributed by atoms with E-state index in [2.05, 4.69) is 5.32 Å². The molecule has 1 aliphatic rings. The highest BCUT2D eigenvalue weighted by Gasteiger charge is 2.24. The number of phenols is 1. The van der Waals surface area contributed by atoms with Crippen LogP contribution in [-0.2, 0) is 4.79 Å². The molecule has 1 heterocycles. The van der Waals surface area contributed by atoms with E-state index in [0.29, 0.717) is 24.1 Å². The van der Waals surface area contributed by atoms with Crippen LogP contribution in [0.1, 0.15) is 40.4 Å². The number of hydrogen-bond acceptors (Lipinski definition) is 3. The topological polar surface area (TPSA) is 69.6 Å². The van der Waals surface area contributed by atoms with Crippen molar-refractivity contribution < 1.29 is 14.7 Å². The van der Waals surface area contributed by atoms with Crippen LogP contribution in [0.3, 0.4) is 0 Å². The number of carbonyl (C=O) groups is 2. The second-order valence-corrected chi connectivity index (χ2v) is 8.23. The Morgan fingerprint density at radius 2 is 1.61 bits per heavy atom. The number of amides is 2. The van der Waals surface area contributed by atoms with Crippen molar-refractivity contribution in [3.63, 3.8) is 0 Å². The molecule has 5 heteroatoms. The number of phenolic OH excluding ortho intramolecular Hbond substituents is 1. The average molecular weight is 437 g/mol. The Morgan fingerprint density at radius 1 is 0.879 bits per heavy atom. The lowest BCUT2D eigenvalue weighted by molar-refractivity contribution is -0.117. The van der Waals surface area contributed by atoms with E-state index in [0.717, 1.165) is 28.4 Å². The second kappa shape index (κ2) is 8.79. The van der Waals surface area contributed by atoms with E-state index in [-0.39, 0.29) is 17.6 Å². The van der Waals surface area contributed by atoms with Crippen molar-refractivity contribution >= 4 is 28.3 Å². The van der Waals surface area contributed by atoms with Gasteiger partial charge in [-0.05, 0) is 53.1 Å². The number of hydrogen-bond donors (Lipinski definition) is 2. The van der Waals surface area contributed by atoms with Gasteiger partial charge in [0.15, 0.2) is 0 Å². The number of anilines is 1. The number of nitrogens with one attached hydrogen (secondary N) is 1. The van der Waals surface area contributed by atoms with Crippen molar-refractivity contribution in [3.05, 3.63) is 108 Å². The largest absolute Gasteiger partial charge is 0.508 e. The van der Waals surface area contributed by atoms with Gasteiger partial charge in [-0.25, -0.2) is 0 Å². The highest BCUT2D eigenvalue weighted by atomic mass is 16.3. The molecule has 2 N–H and O–H groups in total. The molecule has 1 atom stereocenters. The third kappa shape index (κ3) is 4.05. The molecule has 0 bridgehead atoms. The van der Waals surface area contributed by atoms with Crippen LogP contribution >= 0.6 is 0 Å². The molecule has 2 amide bonds. The van der Waals surface area contributed by atoms with Gasteiger partial charge in [-0.15, -0.1) is 0 Å². The molecule has 0 spiro atoms. The van der Waals surface area contributed by atoms with Gasteiger partial charge >= 0.3 is 0 Å². The third-order valence-corrected chi connectivity index (χ3v) is 6.16. The number of benzene rings is 4. The molecule has 1 fully saturated rings. The van der Waals surface area contributed by atoms with Crippen LogP contribution in [-0.4, -0.2) is 23.5 Å². The first-order valence-electron chi connectivity index (χ1n) is 11.1. The Labute approximate surface area is 192 Å². The smallest absolute Gasteiger partial charge is 0.252 e. The second-order valence-electron chi connectivity index (χ2n) is 8.23. The Morgan fingerprint density at radius 3 is 2.33 bits per heavy atom. The maximum atomic E-state index is 13.3. The molecular formula is C28H24N2O3. The SMILES string of the molecule is O=C(NC(c1ccccc1)c1c(O)ccc2ccccc12)c1ccc(N2CCCC2=O)cc1. The quantitative estimate of drug-likeness (QED) is 0.452. The van der Waals surface area contributed by atoms with Gasteiger partial charge in [-0.3, -0.25) is 9.59 Å². The summed E-state index contributed by atoms with van der Waals surface area (Å²) in [6.45, 7) is 0.709. The minimum Gasteiger partial charge on any atom is -0.508 e. The van der Waals surface area contributed by atoms with Crippen molar-refractivity contribution in [2.45, 2.75) is 18.9 Å². The highest BCUT2D eigenvalue weighted by molar-refractivity contribution is 5.98. The van der Waals surface area contributed by atoms with Gasteiger partial charge in [0.25, 0.3) is 5.91 Å². The summed E-state index contributed by atoms with van der Waals surface area (Å²) in [6.07, 6.45) is 1.42. The zero-order chi connectivity index (χ0) is 22.8. The summed E-state index contributed by atoms with van der Waals surface area (Å²) in [4.78, 5) is 27.0. The van der Waals surface area contributed by atoms with Crippen LogP contribution in [0, 0.1) is 0 Å². The number of nitrogens with zero attached hydrogens (tertiary/aromatic N) is 1. The lowest BCUT2D eigenvalue weighted by Crippen LogP contribution is -2.29. The molecule has 0 saturated carbocycles. The minimum absolute atomic E-state index is 0.114. The van der Waals surface area contributed by atoms with Crippen molar-refractivity contribution in [3.8, 4) is 5.75 Å². The predicted octanol–water partition coefficient (Wildman–Crippen LogP) is 5.19. The van der Waals surface area contributed by atoms with Gasteiger partial charge in [0.05, 0.1) is 6.04 Å². The Balaban J connectivity index is 1.50. The first-order chi connectivity index (χ1) is 16.1. The van der Waals surface area contributed by atoms with Gasteiger partial charge in [0, 0.05) is 29.8 Å². The van der Waals surface area contributed by atoms with Crippen LogP contribution < -0.4 is 10.2 Å². The molecule has 0 aliphatic carbocycles. The first-order valence-corrected chi connectivity index (χ1v) is 11.1. The summed E-state index contributed by atoms with van der Waals surface area (Å²) in [5, 5.41) is 15.8. The molecule has 5 rings (SSSR count). The fraction of sp³-hybridized carbons (Fsp3) is 0.143. The summed E-state index contributed by atoms with van der Waals surface area (Å²) >= 11 is 0. The zero-order valence-electron chi connectivity index (χ0n) is 18.1. The fourth-order valence-corrected chi connectivity index (χ4v) is 4.48. The molecule has 164 valence electrons. The normalized spacial score (nSPS) is 14.4. The molecule has 1 saturated heterocycles. The third-order valence-electron chi connectivity index (χ3n) is 6.16. The number of fused-ring (bicyclic) bond motifs is 1. The molecule has 0 radical (unpaired) electrons. The molecule has 1 aliphatic heterocycles. The van der Waals surface area contributed by atoms with Crippen LogP contribution in [0.15, 0.2) is 91.0 Å². The van der Waals surface area contributed by atoms with Crippen LogP contribution in [0.2, 0.25) is 0 Å². The van der Waals surface area contributed by atoms with Crippen molar-refractivity contribution in [2.75, 3.05) is 11.4 Å². The maximum absolute atomic E-state index is 13.3. The lowest BCUT2D eigenvalue weighted by atomic mass is 9.92. The summed E-state index contributed by atoms with van der Waals surface area (Å²) in [6, 6.07) is 27.5. The number of carbonyl (C=O) groups excluding carboxylic acids is 2.